The standard InChI is InChI=1S/C13H10N2O4/c16-12(17)11-8-9(6-7-14-11)15-13(18)19-10-4-2-1-3-5-10/h1-8H,(H,16,17)(H,14,15,18). The van der Waals surface area contributed by atoms with E-state index in [1.165, 1.54) is 18.3 Å². The number of benzene rings is 1. The fourth-order valence-electron chi connectivity index (χ4n) is 1.36. The molecule has 0 unspecified atom stereocenters. The average molecular weight is 258 g/mol. The maximum atomic E-state index is 11.6. The Bertz CT molecular complexity index is 599. The van der Waals surface area contributed by atoms with Crippen LogP contribution in [0.3, 0.4) is 0 Å². The van der Waals surface area contributed by atoms with Crippen molar-refractivity contribution < 1.29 is 19.4 Å². The summed E-state index contributed by atoms with van der Waals surface area (Å²) in [4.78, 5) is 25.9. The van der Waals surface area contributed by atoms with Crippen molar-refractivity contribution in [2.45, 2.75) is 0 Å². The molecule has 1 aromatic heterocycles. The molecule has 96 valence electrons. The first-order valence-electron chi connectivity index (χ1n) is 5.38. The summed E-state index contributed by atoms with van der Waals surface area (Å²) < 4.78 is 5.00. The van der Waals surface area contributed by atoms with Gasteiger partial charge in [-0.05, 0) is 24.3 Å². The van der Waals surface area contributed by atoms with E-state index in [0.717, 1.165) is 0 Å². The maximum absolute atomic E-state index is 11.6. The third-order valence-corrected chi connectivity index (χ3v) is 2.18. The Morgan fingerprint density at radius 3 is 2.58 bits per heavy atom. The number of ether oxygens (including phenoxy) is 1. The zero-order chi connectivity index (χ0) is 13.7. The summed E-state index contributed by atoms with van der Waals surface area (Å²) in [7, 11) is 0. The van der Waals surface area contributed by atoms with Crippen LogP contribution >= 0.6 is 0 Å². The quantitative estimate of drug-likeness (QED) is 0.882. The Morgan fingerprint density at radius 1 is 1.16 bits per heavy atom. The van der Waals surface area contributed by atoms with Gasteiger partial charge in [-0.2, -0.15) is 0 Å². The Morgan fingerprint density at radius 2 is 1.89 bits per heavy atom. The zero-order valence-electron chi connectivity index (χ0n) is 9.74. The van der Waals surface area contributed by atoms with E-state index in [4.69, 9.17) is 9.84 Å². The molecule has 0 aliphatic rings. The van der Waals surface area contributed by atoms with Crippen LogP contribution in [0.2, 0.25) is 0 Å². The second kappa shape index (κ2) is 5.63. The lowest BCUT2D eigenvalue weighted by molar-refractivity contribution is 0.0690. The number of nitrogens with one attached hydrogen (secondary N) is 1. The van der Waals surface area contributed by atoms with E-state index in [9.17, 15) is 9.59 Å². The molecule has 0 saturated carbocycles. The highest BCUT2D eigenvalue weighted by Crippen LogP contribution is 2.12. The molecule has 0 bridgehead atoms. The van der Waals surface area contributed by atoms with Gasteiger partial charge in [-0.25, -0.2) is 14.6 Å². The number of hydrogen-bond donors (Lipinski definition) is 2. The molecule has 0 aliphatic heterocycles. The molecule has 1 heterocycles. The number of nitrogens with zero attached hydrogens (tertiary/aromatic N) is 1. The number of para-hydroxylation sites is 1. The number of amides is 1. The third kappa shape index (κ3) is 3.53. The van der Waals surface area contributed by atoms with Crippen LogP contribution in [0.4, 0.5) is 10.5 Å². The van der Waals surface area contributed by atoms with Crippen LogP contribution in [0.5, 0.6) is 5.75 Å². The first kappa shape index (κ1) is 12.6. The first-order chi connectivity index (χ1) is 9.15. The summed E-state index contributed by atoms with van der Waals surface area (Å²) in [5.74, 6) is -0.771. The topological polar surface area (TPSA) is 88.5 Å². The molecule has 0 aliphatic carbocycles. The Balaban J connectivity index is 2.03. The van der Waals surface area contributed by atoms with Crippen molar-refractivity contribution >= 4 is 17.7 Å². The molecule has 2 aromatic rings. The predicted octanol–water partition coefficient (Wildman–Crippen LogP) is 2.39. The lowest BCUT2D eigenvalue weighted by atomic mass is 10.3. The molecule has 19 heavy (non-hydrogen) atoms. The van der Waals surface area contributed by atoms with Crippen molar-refractivity contribution in [2.24, 2.45) is 0 Å². The summed E-state index contributed by atoms with van der Waals surface area (Å²) in [6.45, 7) is 0. The van der Waals surface area contributed by atoms with Crippen molar-refractivity contribution in [2.75, 3.05) is 5.32 Å². The molecule has 2 rings (SSSR count). The van der Waals surface area contributed by atoms with E-state index < -0.39 is 12.1 Å². The minimum atomic E-state index is -1.17. The van der Waals surface area contributed by atoms with E-state index in [1.807, 2.05) is 0 Å². The van der Waals surface area contributed by atoms with Crippen molar-refractivity contribution in [3.05, 3.63) is 54.4 Å². The van der Waals surface area contributed by atoms with Gasteiger partial charge in [-0.1, -0.05) is 18.2 Å². The molecule has 0 radical (unpaired) electrons. The van der Waals surface area contributed by atoms with E-state index in [1.54, 1.807) is 30.3 Å². The lowest BCUT2D eigenvalue weighted by Gasteiger charge is -2.06. The molecular weight excluding hydrogens is 248 g/mol. The maximum Gasteiger partial charge on any atom is 0.417 e. The minimum Gasteiger partial charge on any atom is -0.477 e. The lowest BCUT2D eigenvalue weighted by Crippen LogP contribution is -2.17. The SMILES string of the molecule is O=C(Nc1ccnc(C(=O)O)c1)Oc1ccccc1. The number of carboxylic acids is 1. The Hall–Kier alpha value is -2.89. The number of carboxylic acid groups (broad SMARTS) is 1. The zero-order valence-corrected chi connectivity index (χ0v) is 9.74. The molecule has 0 atom stereocenters. The second-order valence-corrected chi connectivity index (χ2v) is 3.56. The van der Waals surface area contributed by atoms with Gasteiger partial charge in [0.1, 0.15) is 11.4 Å². The minimum absolute atomic E-state index is 0.155. The Kier molecular flexibility index (Phi) is 3.72. The summed E-state index contributed by atoms with van der Waals surface area (Å²) in [5, 5.41) is 11.2. The van der Waals surface area contributed by atoms with Crippen LogP contribution in [0.25, 0.3) is 0 Å². The van der Waals surface area contributed by atoms with Gasteiger partial charge < -0.3 is 9.84 Å². The van der Waals surface area contributed by atoms with Gasteiger partial charge in [0.05, 0.1) is 0 Å². The van der Waals surface area contributed by atoms with Crippen LogP contribution in [0.15, 0.2) is 48.7 Å². The van der Waals surface area contributed by atoms with Crippen LogP contribution in [-0.4, -0.2) is 22.2 Å². The number of pyridine rings is 1. The fourth-order valence-corrected chi connectivity index (χ4v) is 1.36. The fraction of sp³-hybridized carbons (Fsp3) is 0. The van der Waals surface area contributed by atoms with Gasteiger partial charge in [0.2, 0.25) is 0 Å². The average Bonchev–Trinajstić information content (AvgIpc) is 2.40. The smallest absolute Gasteiger partial charge is 0.417 e. The first-order valence-corrected chi connectivity index (χ1v) is 5.38. The van der Waals surface area contributed by atoms with Crippen molar-refractivity contribution in [1.82, 2.24) is 4.98 Å². The highest BCUT2D eigenvalue weighted by atomic mass is 16.6. The normalized spacial score (nSPS) is 9.68. The second-order valence-electron chi connectivity index (χ2n) is 3.56. The van der Waals surface area contributed by atoms with Crippen molar-refractivity contribution in [3.8, 4) is 5.75 Å². The number of rotatable bonds is 3. The van der Waals surface area contributed by atoms with E-state index in [2.05, 4.69) is 10.3 Å². The molecule has 1 aromatic carbocycles. The number of aromatic carboxylic acids is 1. The summed E-state index contributed by atoms with van der Waals surface area (Å²) in [6, 6.07) is 11.2. The van der Waals surface area contributed by atoms with Gasteiger partial charge in [0, 0.05) is 11.9 Å². The molecule has 0 saturated heterocycles. The van der Waals surface area contributed by atoms with Crippen LogP contribution in [-0.2, 0) is 0 Å². The van der Waals surface area contributed by atoms with Crippen molar-refractivity contribution in [3.63, 3.8) is 0 Å². The summed E-state index contributed by atoms with van der Waals surface area (Å²) in [5.41, 5.74) is 0.144. The number of anilines is 1. The number of hydrogen-bond acceptors (Lipinski definition) is 4. The number of carbonyl (C=O) groups is 2. The van der Waals surface area contributed by atoms with E-state index in [-0.39, 0.29) is 5.69 Å². The molecule has 6 heteroatoms. The third-order valence-electron chi connectivity index (χ3n) is 2.18. The molecule has 2 N–H and O–H groups in total. The van der Waals surface area contributed by atoms with Gasteiger partial charge in [0.15, 0.2) is 0 Å². The van der Waals surface area contributed by atoms with Gasteiger partial charge in [0.25, 0.3) is 0 Å². The predicted molar refractivity (Wildman–Crippen MR) is 67.3 cm³/mol. The van der Waals surface area contributed by atoms with E-state index in [0.29, 0.717) is 11.4 Å². The van der Waals surface area contributed by atoms with Gasteiger partial charge in [-0.15, -0.1) is 0 Å². The summed E-state index contributed by atoms with van der Waals surface area (Å²) in [6.07, 6.45) is 0.593. The number of aromatic nitrogens is 1. The highest BCUT2D eigenvalue weighted by molar-refractivity contribution is 5.90. The van der Waals surface area contributed by atoms with Crippen molar-refractivity contribution in [1.29, 1.82) is 0 Å². The Labute approximate surface area is 108 Å². The molecule has 0 fully saturated rings. The molecule has 0 spiro atoms. The molecular formula is C13H10N2O4. The van der Waals surface area contributed by atoms with Crippen LogP contribution in [0, 0.1) is 0 Å². The molecule has 6 nitrogen and oxygen atoms in total. The van der Waals surface area contributed by atoms with Crippen LogP contribution < -0.4 is 10.1 Å². The monoisotopic (exact) mass is 258 g/mol. The van der Waals surface area contributed by atoms with Crippen LogP contribution in [0.1, 0.15) is 10.5 Å². The van der Waals surface area contributed by atoms with Gasteiger partial charge >= 0.3 is 12.1 Å². The van der Waals surface area contributed by atoms with E-state index >= 15 is 0 Å². The largest absolute Gasteiger partial charge is 0.477 e. The summed E-state index contributed by atoms with van der Waals surface area (Å²) >= 11 is 0. The number of carbonyl (C=O) groups excluding carboxylic acids is 1. The molecule has 1 amide bonds. The van der Waals surface area contributed by atoms with Gasteiger partial charge in [-0.3, -0.25) is 5.32 Å². The highest BCUT2D eigenvalue weighted by Gasteiger charge is 2.08.